The van der Waals surface area contributed by atoms with Crippen LogP contribution in [0.2, 0.25) is 0 Å². The van der Waals surface area contributed by atoms with E-state index in [1.165, 1.54) is 0 Å². The molecule has 4 nitrogen and oxygen atoms in total. The fraction of sp³-hybridized carbons (Fsp3) is 0.600. The Morgan fingerprint density at radius 3 is 2.67 bits per heavy atom. The summed E-state index contributed by atoms with van der Waals surface area (Å²) in [5.41, 5.74) is 0. The van der Waals surface area contributed by atoms with Crippen LogP contribution < -0.4 is 4.74 Å². The predicted molar refractivity (Wildman–Crippen MR) is 63.8 cm³/mol. The van der Waals surface area contributed by atoms with Crippen LogP contribution in [0, 0.1) is 9.49 Å². The Kier molecular flexibility index (Phi) is 4.13. The average Bonchev–Trinajstić information content (AvgIpc) is 2.30. The van der Waals surface area contributed by atoms with Crippen LogP contribution in [0.25, 0.3) is 0 Å². The first-order valence-electron chi connectivity index (χ1n) is 5.02. The van der Waals surface area contributed by atoms with Crippen molar-refractivity contribution in [2.24, 2.45) is 5.92 Å². The fourth-order valence-electron chi connectivity index (χ4n) is 1.48. The van der Waals surface area contributed by atoms with Crippen LogP contribution in [-0.4, -0.2) is 29.8 Å². The first kappa shape index (κ1) is 11.1. The summed E-state index contributed by atoms with van der Waals surface area (Å²) in [7, 11) is 0. The van der Waals surface area contributed by atoms with Crippen LogP contribution in [0.3, 0.4) is 0 Å². The minimum absolute atomic E-state index is 0.474. The van der Waals surface area contributed by atoms with Crippen molar-refractivity contribution in [1.82, 2.24) is 9.97 Å². The van der Waals surface area contributed by atoms with E-state index in [9.17, 15) is 0 Å². The smallest absolute Gasteiger partial charge is 0.316 e. The van der Waals surface area contributed by atoms with Gasteiger partial charge in [0, 0.05) is 29.2 Å². The van der Waals surface area contributed by atoms with Gasteiger partial charge >= 0.3 is 6.01 Å². The highest BCUT2D eigenvalue weighted by Gasteiger charge is 2.14. The lowest BCUT2D eigenvalue weighted by atomic mass is 10.0. The number of nitrogens with zero attached hydrogens (tertiary/aromatic N) is 2. The minimum atomic E-state index is 0.474. The Labute approximate surface area is 103 Å². The third-order valence-corrected chi connectivity index (χ3v) is 2.94. The summed E-state index contributed by atoms with van der Waals surface area (Å²) >= 11 is 2.17. The average molecular weight is 320 g/mol. The summed E-state index contributed by atoms with van der Waals surface area (Å²) in [5, 5.41) is 0. The SMILES string of the molecule is Ic1cnc(OCC2CCOCC2)nc1. The second-order valence-corrected chi connectivity index (χ2v) is 4.80. The van der Waals surface area contributed by atoms with Crippen LogP contribution in [-0.2, 0) is 4.74 Å². The van der Waals surface area contributed by atoms with E-state index in [1.807, 2.05) is 0 Å². The van der Waals surface area contributed by atoms with Crippen LogP contribution >= 0.6 is 22.6 Å². The number of hydrogen-bond acceptors (Lipinski definition) is 4. The zero-order chi connectivity index (χ0) is 10.5. The van der Waals surface area contributed by atoms with Crippen LogP contribution in [0.4, 0.5) is 0 Å². The fourth-order valence-corrected chi connectivity index (χ4v) is 1.76. The molecule has 1 aliphatic rings. The first-order valence-corrected chi connectivity index (χ1v) is 6.10. The molecule has 0 radical (unpaired) electrons. The van der Waals surface area contributed by atoms with E-state index in [1.54, 1.807) is 12.4 Å². The third kappa shape index (κ3) is 3.57. The van der Waals surface area contributed by atoms with E-state index < -0.39 is 0 Å². The molecular formula is C10H13IN2O2. The van der Waals surface area contributed by atoms with Gasteiger partial charge < -0.3 is 9.47 Å². The molecular weight excluding hydrogens is 307 g/mol. The molecule has 0 atom stereocenters. The summed E-state index contributed by atoms with van der Waals surface area (Å²) in [6.45, 7) is 2.40. The standard InChI is InChI=1S/C10H13IN2O2/c11-9-5-12-10(13-6-9)15-7-8-1-3-14-4-2-8/h5-6,8H,1-4,7H2. The maximum atomic E-state index is 5.52. The molecule has 0 N–H and O–H groups in total. The van der Waals surface area contributed by atoms with Crippen molar-refractivity contribution in [1.29, 1.82) is 0 Å². The molecule has 0 aliphatic carbocycles. The third-order valence-electron chi connectivity index (χ3n) is 2.39. The topological polar surface area (TPSA) is 44.2 Å². The van der Waals surface area contributed by atoms with Crippen LogP contribution in [0.1, 0.15) is 12.8 Å². The van der Waals surface area contributed by atoms with Gasteiger partial charge in [-0.1, -0.05) is 0 Å². The van der Waals surface area contributed by atoms with Crippen LogP contribution in [0.15, 0.2) is 12.4 Å². The normalized spacial score (nSPS) is 17.7. The summed E-state index contributed by atoms with van der Waals surface area (Å²) in [6, 6.07) is 0.474. The van der Waals surface area contributed by atoms with Crippen molar-refractivity contribution < 1.29 is 9.47 Å². The molecule has 0 aromatic carbocycles. The maximum Gasteiger partial charge on any atom is 0.316 e. The molecule has 1 aromatic heterocycles. The molecule has 0 bridgehead atoms. The van der Waals surface area contributed by atoms with Gasteiger partial charge in [-0.25, -0.2) is 9.97 Å². The molecule has 1 saturated heterocycles. The zero-order valence-electron chi connectivity index (χ0n) is 8.36. The number of halogens is 1. The van der Waals surface area contributed by atoms with Crippen molar-refractivity contribution in [3.05, 3.63) is 16.0 Å². The molecule has 0 amide bonds. The Morgan fingerprint density at radius 1 is 1.33 bits per heavy atom. The largest absolute Gasteiger partial charge is 0.463 e. The summed E-state index contributed by atoms with van der Waals surface area (Å²) in [5.74, 6) is 0.585. The van der Waals surface area contributed by atoms with Crippen molar-refractivity contribution >= 4 is 22.6 Å². The Hall–Kier alpha value is -0.430. The molecule has 2 rings (SSSR count). The molecule has 1 fully saturated rings. The monoisotopic (exact) mass is 320 g/mol. The van der Waals surface area contributed by atoms with Gasteiger partial charge in [0.05, 0.1) is 6.61 Å². The van der Waals surface area contributed by atoms with E-state index in [0.29, 0.717) is 18.5 Å². The van der Waals surface area contributed by atoms with Crippen molar-refractivity contribution in [3.8, 4) is 6.01 Å². The Balaban J connectivity index is 1.79. The zero-order valence-corrected chi connectivity index (χ0v) is 10.5. The molecule has 1 aromatic rings. The van der Waals surface area contributed by atoms with E-state index in [-0.39, 0.29) is 0 Å². The quantitative estimate of drug-likeness (QED) is 0.798. The molecule has 0 unspecified atom stereocenters. The Morgan fingerprint density at radius 2 is 2.00 bits per heavy atom. The van der Waals surface area contributed by atoms with Gasteiger partial charge in [-0.05, 0) is 41.4 Å². The van der Waals surface area contributed by atoms with Gasteiger partial charge in [0.25, 0.3) is 0 Å². The van der Waals surface area contributed by atoms with Crippen LogP contribution in [0.5, 0.6) is 6.01 Å². The number of aromatic nitrogens is 2. The molecule has 5 heteroatoms. The van der Waals surface area contributed by atoms with Gasteiger partial charge in [0.1, 0.15) is 0 Å². The van der Waals surface area contributed by atoms with Gasteiger partial charge in [-0.15, -0.1) is 0 Å². The van der Waals surface area contributed by atoms with Crippen molar-refractivity contribution in [2.75, 3.05) is 19.8 Å². The summed E-state index contributed by atoms with van der Waals surface area (Å²) in [4.78, 5) is 8.18. The molecule has 0 saturated carbocycles. The Bertz CT molecular complexity index is 299. The van der Waals surface area contributed by atoms with Gasteiger partial charge in [0.2, 0.25) is 0 Å². The second kappa shape index (κ2) is 5.60. The number of rotatable bonds is 3. The molecule has 2 heterocycles. The first-order chi connectivity index (χ1) is 7.34. The van der Waals surface area contributed by atoms with Crippen molar-refractivity contribution in [2.45, 2.75) is 12.8 Å². The van der Waals surface area contributed by atoms with Gasteiger partial charge in [-0.3, -0.25) is 0 Å². The van der Waals surface area contributed by atoms with E-state index in [2.05, 4.69) is 32.6 Å². The van der Waals surface area contributed by atoms with Crippen molar-refractivity contribution in [3.63, 3.8) is 0 Å². The molecule has 0 spiro atoms. The molecule has 15 heavy (non-hydrogen) atoms. The summed E-state index contributed by atoms with van der Waals surface area (Å²) < 4.78 is 11.8. The summed E-state index contributed by atoms with van der Waals surface area (Å²) in [6.07, 6.45) is 5.66. The van der Waals surface area contributed by atoms with E-state index >= 15 is 0 Å². The predicted octanol–water partition coefficient (Wildman–Crippen LogP) is 1.89. The lowest BCUT2D eigenvalue weighted by Gasteiger charge is -2.21. The van der Waals surface area contributed by atoms with E-state index in [0.717, 1.165) is 29.6 Å². The minimum Gasteiger partial charge on any atom is -0.463 e. The highest BCUT2D eigenvalue weighted by Crippen LogP contribution is 2.15. The van der Waals surface area contributed by atoms with Gasteiger partial charge in [-0.2, -0.15) is 0 Å². The second-order valence-electron chi connectivity index (χ2n) is 3.55. The lowest BCUT2D eigenvalue weighted by molar-refractivity contribution is 0.0482. The number of ether oxygens (including phenoxy) is 2. The highest BCUT2D eigenvalue weighted by atomic mass is 127. The highest BCUT2D eigenvalue weighted by molar-refractivity contribution is 14.1. The molecule has 82 valence electrons. The van der Waals surface area contributed by atoms with E-state index in [4.69, 9.17) is 9.47 Å². The number of hydrogen-bond donors (Lipinski definition) is 0. The lowest BCUT2D eigenvalue weighted by Crippen LogP contribution is -2.21. The maximum absolute atomic E-state index is 5.52. The van der Waals surface area contributed by atoms with Gasteiger partial charge in [0.15, 0.2) is 0 Å². The molecule has 1 aliphatic heterocycles.